The van der Waals surface area contributed by atoms with Gasteiger partial charge in [-0.3, -0.25) is 4.79 Å². The minimum Gasteiger partial charge on any atom is -0.356 e. The maximum absolute atomic E-state index is 12.5. The second-order valence-corrected chi connectivity index (χ2v) is 6.37. The van der Waals surface area contributed by atoms with E-state index < -0.39 is 11.7 Å². The van der Waals surface area contributed by atoms with Gasteiger partial charge in [0.25, 0.3) is 0 Å². The highest BCUT2D eigenvalue weighted by Crippen LogP contribution is 2.29. The van der Waals surface area contributed by atoms with E-state index in [-0.39, 0.29) is 23.5 Å². The molecule has 0 aliphatic carbocycles. The molecule has 1 fully saturated rings. The lowest BCUT2D eigenvalue weighted by atomic mass is 10.0. The topological polar surface area (TPSA) is 69.0 Å². The van der Waals surface area contributed by atoms with Crippen LogP contribution in [-0.4, -0.2) is 41.5 Å². The van der Waals surface area contributed by atoms with Gasteiger partial charge in [-0.15, -0.1) is 11.8 Å². The summed E-state index contributed by atoms with van der Waals surface area (Å²) in [7, 11) is 0. The normalized spacial score (nSPS) is 15.8. The number of pyridine rings is 1. The maximum atomic E-state index is 12.5. The molecule has 1 amide bonds. The Hall–Kier alpha value is -1.95. The van der Waals surface area contributed by atoms with Gasteiger partial charge in [0.2, 0.25) is 5.91 Å². The van der Waals surface area contributed by atoms with Crippen molar-refractivity contribution in [3.63, 3.8) is 0 Å². The van der Waals surface area contributed by atoms with E-state index in [1.165, 1.54) is 17.8 Å². The second-order valence-electron chi connectivity index (χ2n) is 5.38. The molecule has 1 aromatic heterocycles. The number of rotatable bonds is 5. The fourth-order valence-corrected chi connectivity index (χ4v) is 2.91. The average molecular weight is 358 g/mol. The van der Waals surface area contributed by atoms with Gasteiger partial charge in [-0.2, -0.15) is 18.4 Å². The third-order valence-corrected chi connectivity index (χ3v) is 4.46. The zero-order chi connectivity index (χ0) is 17.6. The summed E-state index contributed by atoms with van der Waals surface area (Å²) < 4.78 is 37.6. The van der Waals surface area contributed by atoms with Crippen LogP contribution in [0.3, 0.4) is 0 Å². The molecule has 130 valence electrons. The Kier molecular flexibility index (Phi) is 6.31. The smallest absolute Gasteiger partial charge is 0.356 e. The number of aromatic nitrogens is 1. The molecule has 24 heavy (non-hydrogen) atoms. The molecule has 0 spiro atoms. The van der Waals surface area contributed by atoms with E-state index in [2.05, 4.69) is 10.3 Å². The first-order chi connectivity index (χ1) is 11.4. The molecule has 0 unspecified atom stereocenters. The third kappa shape index (κ3) is 5.30. The number of nitriles is 1. The Balaban J connectivity index is 1.80. The van der Waals surface area contributed by atoms with Gasteiger partial charge in [0.15, 0.2) is 0 Å². The SMILES string of the molecule is N#CCSCC(=O)NC1CCN(c2ccc(C(F)(F)F)cn2)CC1. The number of halogens is 3. The summed E-state index contributed by atoms with van der Waals surface area (Å²) in [4.78, 5) is 17.5. The number of piperidine rings is 1. The largest absolute Gasteiger partial charge is 0.417 e. The summed E-state index contributed by atoms with van der Waals surface area (Å²) >= 11 is 1.27. The first-order valence-electron chi connectivity index (χ1n) is 7.42. The summed E-state index contributed by atoms with van der Waals surface area (Å²) in [6.45, 7) is 1.24. The molecule has 2 rings (SSSR count). The average Bonchev–Trinajstić information content (AvgIpc) is 2.55. The molecule has 1 saturated heterocycles. The van der Waals surface area contributed by atoms with Crippen LogP contribution in [0.5, 0.6) is 0 Å². The molecular formula is C15H17F3N4OS. The summed E-state index contributed by atoms with van der Waals surface area (Å²) in [5, 5.41) is 11.3. The van der Waals surface area contributed by atoms with Crippen molar-refractivity contribution in [3.8, 4) is 6.07 Å². The predicted molar refractivity (Wildman–Crippen MR) is 85.6 cm³/mol. The number of amides is 1. The van der Waals surface area contributed by atoms with Crippen LogP contribution < -0.4 is 10.2 Å². The van der Waals surface area contributed by atoms with Gasteiger partial charge in [-0.1, -0.05) is 0 Å². The van der Waals surface area contributed by atoms with Crippen LogP contribution >= 0.6 is 11.8 Å². The van der Waals surface area contributed by atoms with Gasteiger partial charge in [-0.05, 0) is 25.0 Å². The fourth-order valence-electron chi connectivity index (χ4n) is 2.45. The van der Waals surface area contributed by atoms with Crippen molar-refractivity contribution in [3.05, 3.63) is 23.9 Å². The summed E-state index contributed by atoms with van der Waals surface area (Å²) in [5.41, 5.74) is -0.761. The molecule has 0 radical (unpaired) electrons. The zero-order valence-corrected chi connectivity index (χ0v) is 13.7. The van der Waals surface area contributed by atoms with Crippen LogP contribution in [0.15, 0.2) is 18.3 Å². The Morgan fingerprint density at radius 1 is 1.42 bits per heavy atom. The molecule has 1 aromatic rings. The minimum absolute atomic E-state index is 0.0471. The molecule has 0 atom stereocenters. The van der Waals surface area contributed by atoms with Crippen molar-refractivity contribution in [2.75, 3.05) is 29.5 Å². The van der Waals surface area contributed by atoms with Crippen molar-refractivity contribution < 1.29 is 18.0 Å². The van der Waals surface area contributed by atoms with Gasteiger partial charge < -0.3 is 10.2 Å². The second kappa shape index (κ2) is 8.24. The van der Waals surface area contributed by atoms with E-state index in [0.717, 1.165) is 12.3 Å². The monoisotopic (exact) mass is 358 g/mol. The van der Waals surface area contributed by atoms with Gasteiger partial charge in [0.05, 0.1) is 23.1 Å². The third-order valence-electron chi connectivity index (χ3n) is 3.66. The number of hydrogen-bond donors (Lipinski definition) is 1. The van der Waals surface area contributed by atoms with Crippen molar-refractivity contribution in [2.24, 2.45) is 0 Å². The van der Waals surface area contributed by atoms with Crippen LogP contribution in [0.4, 0.5) is 19.0 Å². The molecule has 9 heteroatoms. The minimum atomic E-state index is -4.38. The lowest BCUT2D eigenvalue weighted by molar-refractivity contribution is -0.137. The number of hydrogen-bond acceptors (Lipinski definition) is 5. The molecular weight excluding hydrogens is 341 g/mol. The van der Waals surface area contributed by atoms with Crippen molar-refractivity contribution in [1.29, 1.82) is 5.26 Å². The maximum Gasteiger partial charge on any atom is 0.417 e. The summed E-state index contributed by atoms with van der Waals surface area (Å²) in [5.74, 6) is 0.957. The Morgan fingerprint density at radius 2 is 2.12 bits per heavy atom. The summed E-state index contributed by atoms with van der Waals surface area (Å²) in [6.07, 6.45) is -2.13. The number of thioether (sulfide) groups is 1. The highest BCUT2D eigenvalue weighted by Gasteiger charge is 2.31. The number of nitrogens with one attached hydrogen (secondary N) is 1. The molecule has 1 aliphatic heterocycles. The van der Waals surface area contributed by atoms with Crippen molar-refractivity contribution in [2.45, 2.75) is 25.1 Å². The molecule has 1 aliphatic rings. The molecule has 2 heterocycles. The van der Waals surface area contributed by atoms with E-state index in [0.29, 0.717) is 31.7 Å². The van der Waals surface area contributed by atoms with Crippen molar-refractivity contribution >= 4 is 23.5 Å². The quantitative estimate of drug-likeness (QED) is 0.819. The zero-order valence-electron chi connectivity index (χ0n) is 12.8. The Labute approximate surface area is 142 Å². The number of carbonyl (C=O) groups is 1. The van der Waals surface area contributed by atoms with Gasteiger partial charge >= 0.3 is 6.18 Å². The standard InChI is InChI=1S/C15H17F3N4OS/c16-15(17,18)11-1-2-13(20-9-11)22-6-3-12(4-7-22)21-14(23)10-24-8-5-19/h1-2,9,12H,3-4,6-8,10H2,(H,21,23). The number of nitrogens with zero attached hydrogens (tertiary/aromatic N) is 3. The van der Waals surface area contributed by atoms with Crippen molar-refractivity contribution in [1.82, 2.24) is 10.3 Å². The lowest BCUT2D eigenvalue weighted by Crippen LogP contribution is -2.45. The fraction of sp³-hybridized carbons (Fsp3) is 0.533. The van der Waals surface area contributed by atoms with Crippen LogP contribution in [0.2, 0.25) is 0 Å². The van der Waals surface area contributed by atoms with E-state index in [4.69, 9.17) is 5.26 Å². The van der Waals surface area contributed by atoms with Gasteiger partial charge in [0.1, 0.15) is 5.82 Å². The highest BCUT2D eigenvalue weighted by molar-refractivity contribution is 8.00. The lowest BCUT2D eigenvalue weighted by Gasteiger charge is -2.33. The van der Waals surface area contributed by atoms with Crippen LogP contribution in [0.1, 0.15) is 18.4 Å². The van der Waals surface area contributed by atoms with E-state index >= 15 is 0 Å². The first-order valence-corrected chi connectivity index (χ1v) is 8.58. The van der Waals surface area contributed by atoms with E-state index in [1.807, 2.05) is 11.0 Å². The number of anilines is 1. The molecule has 0 bridgehead atoms. The van der Waals surface area contributed by atoms with Crippen LogP contribution in [0.25, 0.3) is 0 Å². The predicted octanol–water partition coefficient (Wildman–Crippen LogP) is 2.44. The van der Waals surface area contributed by atoms with Crippen LogP contribution in [-0.2, 0) is 11.0 Å². The van der Waals surface area contributed by atoms with Crippen LogP contribution in [0, 0.1) is 11.3 Å². The van der Waals surface area contributed by atoms with E-state index in [1.54, 1.807) is 0 Å². The van der Waals surface area contributed by atoms with Gasteiger partial charge in [-0.25, -0.2) is 4.98 Å². The molecule has 0 saturated carbocycles. The number of alkyl halides is 3. The summed E-state index contributed by atoms with van der Waals surface area (Å²) in [6, 6.07) is 4.42. The Morgan fingerprint density at radius 3 is 2.67 bits per heavy atom. The molecule has 1 N–H and O–H groups in total. The highest BCUT2D eigenvalue weighted by atomic mass is 32.2. The molecule has 5 nitrogen and oxygen atoms in total. The molecule has 0 aromatic carbocycles. The number of carbonyl (C=O) groups excluding carboxylic acids is 1. The van der Waals surface area contributed by atoms with Gasteiger partial charge in [0, 0.05) is 25.3 Å². The van der Waals surface area contributed by atoms with E-state index in [9.17, 15) is 18.0 Å². The Bertz CT molecular complexity index is 592. The first kappa shape index (κ1) is 18.4.